The van der Waals surface area contributed by atoms with Gasteiger partial charge in [-0.3, -0.25) is 4.79 Å². The Morgan fingerprint density at radius 3 is 2.50 bits per heavy atom. The van der Waals surface area contributed by atoms with E-state index in [1.807, 2.05) is 61.5 Å². The molecule has 1 fully saturated rings. The monoisotopic (exact) mass is 353 g/mol. The van der Waals surface area contributed by atoms with Gasteiger partial charge in [0.1, 0.15) is 18.4 Å². The summed E-state index contributed by atoms with van der Waals surface area (Å²) >= 11 is 0. The van der Waals surface area contributed by atoms with E-state index in [1.165, 1.54) is 7.11 Å². The van der Waals surface area contributed by atoms with Gasteiger partial charge < -0.3 is 14.4 Å². The highest BCUT2D eigenvalue weighted by Crippen LogP contribution is 2.31. The summed E-state index contributed by atoms with van der Waals surface area (Å²) in [6.45, 7) is 2.43. The van der Waals surface area contributed by atoms with Crippen LogP contribution < -0.4 is 4.74 Å². The highest BCUT2D eigenvalue weighted by molar-refractivity contribution is 5.88. The quantitative estimate of drug-likeness (QED) is 0.746. The van der Waals surface area contributed by atoms with Gasteiger partial charge in [0.25, 0.3) is 0 Å². The van der Waals surface area contributed by atoms with E-state index in [2.05, 4.69) is 0 Å². The van der Waals surface area contributed by atoms with Crippen molar-refractivity contribution in [2.75, 3.05) is 7.11 Å². The Labute approximate surface area is 153 Å². The molecule has 1 aliphatic rings. The Morgan fingerprint density at radius 2 is 1.85 bits per heavy atom. The topological polar surface area (TPSA) is 55.8 Å². The zero-order valence-electron chi connectivity index (χ0n) is 15.1. The van der Waals surface area contributed by atoms with Crippen LogP contribution in [-0.4, -0.2) is 29.9 Å². The van der Waals surface area contributed by atoms with Crippen LogP contribution in [0.4, 0.5) is 0 Å². The number of esters is 1. The normalized spacial score (nSPS) is 17.8. The molecule has 0 aliphatic carbocycles. The first-order valence-electron chi connectivity index (χ1n) is 8.76. The summed E-state index contributed by atoms with van der Waals surface area (Å²) in [6, 6.07) is 16.9. The molecule has 1 heterocycles. The van der Waals surface area contributed by atoms with Crippen molar-refractivity contribution in [2.45, 2.75) is 38.5 Å². The van der Waals surface area contributed by atoms with Crippen LogP contribution in [0.25, 0.3) is 0 Å². The number of carbonyl (C=O) groups excluding carboxylic acids is 2. The van der Waals surface area contributed by atoms with Gasteiger partial charge in [-0.05, 0) is 36.6 Å². The van der Waals surface area contributed by atoms with Gasteiger partial charge in [0.15, 0.2) is 0 Å². The first-order chi connectivity index (χ1) is 12.6. The molecule has 5 heteroatoms. The van der Waals surface area contributed by atoms with E-state index in [1.54, 1.807) is 4.90 Å². The average molecular weight is 353 g/mol. The molecular weight excluding hydrogens is 330 g/mol. The van der Waals surface area contributed by atoms with E-state index in [0.29, 0.717) is 19.4 Å². The van der Waals surface area contributed by atoms with Crippen molar-refractivity contribution in [1.29, 1.82) is 0 Å². The molecule has 1 amide bonds. The second-order valence-corrected chi connectivity index (χ2v) is 6.40. The molecule has 0 aromatic heterocycles. The van der Waals surface area contributed by atoms with E-state index < -0.39 is 6.04 Å². The van der Waals surface area contributed by atoms with Crippen LogP contribution in [-0.2, 0) is 20.9 Å². The number of ether oxygens (including phenoxy) is 2. The van der Waals surface area contributed by atoms with E-state index >= 15 is 0 Å². The molecular formula is C21H23NO4. The van der Waals surface area contributed by atoms with Crippen molar-refractivity contribution < 1.29 is 19.1 Å². The van der Waals surface area contributed by atoms with Gasteiger partial charge in [-0.2, -0.15) is 0 Å². The Hall–Kier alpha value is -2.82. The van der Waals surface area contributed by atoms with Gasteiger partial charge in [0.05, 0.1) is 13.2 Å². The number of hydrogen-bond donors (Lipinski definition) is 0. The maximum atomic E-state index is 12.2. The van der Waals surface area contributed by atoms with Crippen molar-refractivity contribution in [3.05, 3.63) is 65.7 Å². The Kier molecular flexibility index (Phi) is 5.56. The van der Waals surface area contributed by atoms with Crippen LogP contribution in [0.1, 0.15) is 36.9 Å². The molecule has 2 aromatic carbocycles. The third-order valence-electron chi connectivity index (χ3n) is 4.76. The van der Waals surface area contributed by atoms with Gasteiger partial charge in [-0.25, -0.2) is 4.79 Å². The van der Waals surface area contributed by atoms with Crippen molar-refractivity contribution in [1.82, 2.24) is 4.90 Å². The lowest BCUT2D eigenvalue weighted by atomic mass is 10.1. The second-order valence-electron chi connectivity index (χ2n) is 6.40. The largest absolute Gasteiger partial charge is 0.489 e. The third-order valence-corrected chi connectivity index (χ3v) is 4.76. The number of rotatable bonds is 6. The predicted molar refractivity (Wildman–Crippen MR) is 97.5 cm³/mol. The minimum Gasteiger partial charge on any atom is -0.489 e. The van der Waals surface area contributed by atoms with Crippen molar-refractivity contribution in [2.24, 2.45) is 0 Å². The fraction of sp³-hybridized carbons (Fsp3) is 0.333. The third kappa shape index (κ3) is 3.87. The van der Waals surface area contributed by atoms with Gasteiger partial charge in [-0.15, -0.1) is 0 Å². The average Bonchev–Trinajstić information content (AvgIpc) is 3.08. The maximum Gasteiger partial charge on any atom is 0.328 e. The smallest absolute Gasteiger partial charge is 0.328 e. The fourth-order valence-corrected chi connectivity index (χ4v) is 3.30. The highest BCUT2D eigenvalue weighted by Gasteiger charge is 2.39. The molecule has 1 aliphatic heterocycles. The van der Waals surface area contributed by atoms with Crippen LogP contribution in [0, 0.1) is 0 Å². The molecule has 1 saturated heterocycles. The standard InChI is InChI=1S/C21H23NO4/c1-15(22-19(21(24)25-2)12-13-20(22)23)17-8-10-18(11-9-17)26-14-16-6-4-3-5-7-16/h3-11,15,19H,12-14H2,1-2H3. The number of hydrogen-bond acceptors (Lipinski definition) is 4. The summed E-state index contributed by atoms with van der Waals surface area (Å²) in [5, 5.41) is 0. The van der Waals surface area contributed by atoms with Crippen LogP contribution in [0.5, 0.6) is 5.75 Å². The van der Waals surface area contributed by atoms with Crippen LogP contribution >= 0.6 is 0 Å². The van der Waals surface area contributed by atoms with Gasteiger partial charge in [0.2, 0.25) is 5.91 Å². The summed E-state index contributed by atoms with van der Waals surface area (Å²) in [5.74, 6) is 0.393. The van der Waals surface area contributed by atoms with E-state index in [-0.39, 0.29) is 17.9 Å². The molecule has 2 aromatic rings. The molecule has 0 saturated carbocycles. The summed E-state index contributed by atoms with van der Waals surface area (Å²) in [6.07, 6.45) is 0.885. The summed E-state index contributed by atoms with van der Waals surface area (Å²) in [5.41, 5.74) is 2.06. The van der Waals surface area contributed by atoms with E-state index in [9.17, 15) is 9.59 Å². The first-order valence-corrected chi connectivity index (χ1v) is 8.76. The van der Waals surface area contributed by atoms with Crippen LogP contribution in [0.2, 0.25) is 0 Å². The molecule has 136 valence electrons. The predicted octanol–water partition coefficient (Wildman–Crippen LogP) is 3.49. The first kappa shape index (κ1) is 18.0. The summed E-state index contributed by atoms with van der Waals surface area (Å²) in [4.78, 5) is 25.8. The molecule has 0 N–H and O–H groups in total. The molecule has 26 heavy (non-hydrogen) atoms. The second kappa shape index (κ2) is 8.04. The highest BCUT2D eigenvalue weighted by atomic mass is 16.5. The van der Waals surface area contributed by atoms with Crippen molar-refractivity contribution in [3.8, 4) is 5.75 Å². The van der Waals surface area contributed by atoms with E-state index in [4.69, 9.17) is 9.47 Å². The molecule has 0 spiro atoms. The molecule has 3 rings (SSSR count). The van der Waals surface area contributed by atoms with Gasteiger partial charge in [0, 0.05) is 6.42 Å². The number of methoxy groups -OCH3 is 1. The minimum atomic E-state index is -0.503. The lowest BCUT2D eigenvalue weighted by molar-refractivity contribution is -0.150. The van der Waals surface area contributed by atoms with Crippen LogP contribution in [0.15, 0.2) is 54.6 Å². The Balaban J connectivity index is 1.67. The molecule has 0 bridgehead atoms. The van der Waals surface area contributed by atoms with Gasteiger partial charge >= 0.3 is 5.97 Å². The molecule has 2 unspecified atom stereocenters. The number of benzene rings is 2. The lowest BCUT2D eigenvalue weighted by Crippen LogP contribution is -2.40. The number of carbonyl (C=O) groups is 2. The molecule has 0 radical (unpaired) electrons. The number of amides is 1. The fourth-order valence-electron chi connectivity index (χ4n) is 3.30. The Bertz CT molecular complexity index is 757. The zero-order valence-corrected chi connectivity index (χ0v) is 15.1. The molecule has 2 atom stereocenters. The summed E-state index contributed by atoms with van der Waals surface area (Å²) < 4.78 is 10.6. The number of likely N-dealkylation sites (tertiary alicyclic amines) is 1. The SMILES string of the molecule is COC(=O)C1CCC(=O)N1C(C)c1ccc(OCc2ccccc2)cc1. The zero-order chi connectivity index (χ0) is 18.5. The molecule has 5 nitrogen and oxygen atoms in total. The van der Waals surface area contributed by atoms with Crippen LogP contribution in [0.3, 0.4) is 0 Å². The maximum absolute atomic E-state index is 12.2. The Morgan fingerprint density at radius 1 is 1.15 bits per heavy atom. The minimum absolute atomic E-state index is 0.0164. The lowest BCUT2D eigenvalue weighted by Gasteiger charge is -2.29. The van der Waals surface area contributed by atoms with Crippen molar-refractivity contribution >= 4 is 11.9 Å². The van der Waals surface area contributed by atoms with Gasteiger partial charge in [-0.1, -0.05) is 42.5 Å². The summed E-state index contributed by atoms with van der Waals surface area (Å²) in [7, 11) is 1.35. The number of nitrogens with zero attached hydrogens (tertiary/aromatic N) is 1. The van der Waals surface area contributed by atoms with E-state index in [0.717, 1.165) is 16.9 Å². The van der Waals surface area contributed by atoms with Crippen molar-refractivity contribution in [3.63, 3.8) is 0 Å².